The lowest BCUT2D eigenvalue weighted by Crippen LogP contribution is -2.34. The van der Waals surface area contributed by atoms with E-state index in [1.54, 1.807) is 22.7 Å². The van der Waals surface area contributed by atoms with Gasteiger partial charge in [-0.3, -0.25) is 0 Å². The first-order chi connectivity index (χ1) is 12.7. The maximum absolute atomic E-state index is 5.39. The number of thiocarbonyl (C=S) groups is 1. The fraction of sp³-hybridized carbons (Fsp3) is 0.222. The van der Waals surface area contributed by atoms with Gasteiger partial charge in [0.25, 0.3) is 0 Å². The molecule has 1 aliphatic rings. The van der Waals surface area contributed by atoms with Crippen molar-refractivity contribution in [2.45, 2.75) is 20.0 Å². The molecule has 1 aliphatic heterocycles. The lowest BCUT2D eigenvalue weighted by molar-refractivity contribution is 0.174. The molecule has 3 aromatic rings. The van der Waals surface area contributed by atoms with E-state index in [1.165, 1.54) is 9.75 Å². The molecule has 0 amide bonds. The van der Waals surface area contributed by atoms with Gasteiger partial charge in [-0.15, -0.1) is 22.7 Å². The average molecular weight is 404 g/mol. The molecular weight excluding hydrogens is 386 g/mol. The number of hydrogen-bond donors (Lipinski definition) is 2. The van der Waals surface area contributed by atoms with Crippen molar-refractivity contribution in [2.24, 2.45) is 0 Å². The van der Waals surface area contributed by atoms with Gasteiger partial charge in [0.05, 0.1) is 22.1 Å². The molecule has 0 fully saturated rings. The van der Waals surface area contributed by atoms with Gasteiger partial charge in [0.1, 0.15) is 0 Å². The topological polar surface area (TPSA) is 55.4 Å². The van der Waals surface area contributed by atoms with E-state index in [4.69, 9.17) is 21.7 Å². The van der Waals surface area contributed by atoms with Crippen LogP contribution in [-0.4, -0.2) is 16.9 Å². The summed E-state index contributed by atoms with van der Waals surface area (Å²) in [4.78, 5) is 6.93. The molecule has 0 atom stereocenters. The van der Waals surface area contributed by atoms with E-state index >= 15 is 0 Å². The highest BCUT2D eigenvalue weighted by Crippen LogP contribution is 2.32. The summed E-state index contributed by atoms with van der Waals surface area (Å²) >= 11 is 8.78. The smallest absolute Gasteiger partial charge is 0.231 e. The Morgan fingerprint density at radius 1 is 1.15 bits per heavy atom. The van der Waals surface area contributed by atoms with Gasteiger partial charge in [-0.2, -0.15) is 0 Å². The molecule has 26 heavy (non-hydrogen) atoms. The van der Waals surface area contributed by atoms with E-state index in [2.05, 4.69) is 33.1 Å². The number of fused-ring (bicyclic) bond motifs is 1. The maximum atomic E-state index is 5.39. The molecule has 134 valence electrons. The summed E-state index contributed by atoms with van der Waals surface area (Å²) < 4.78 is 10.7. The second-order valence-electron chi connectivity index (χ2n) is 5.74. The summed E-state index contributed by atoms with van der Waals surface area (Å²) in [6.07, 6.45) is 0. The van der Waals surface area contributed by atoms with Crippen LogP contribution in [-0.2, 0) is 13.1 Å². The molecule has 2 N–H and O–H groups in total. The number of thiophene rings is 1. The van der Waals surface area contributed by atoms with Crippen LogP contribution in [0.5, 0.6) is 11.5 Å². The maximum Gasteiger partial charge on any atom is 0.231 e. The van der Waals surface area contributed by atoms with Crippen LogP contribution in [0.25, 0.3) is 10.6 Å². The number of hydrogen-bond acceptors (Lipinski definition) is 6. The molecule has 0 aliphatic carbocycles. The number of aromatic nitrogens is 1. The van der Waals surface area contributed by atoms with Crippen LogP contribution in [0.1, 0.15) is 15.4 Å². The molecular formula is C18H17N3O2S3. The molecule has 5 nitrogen and oxygen atoms in total. The van der Waals surface area contributed by atoms with Crippen molar-refractivity contribution >= 4 is 40.0 Å². The minimum Gasteiger partial charge on any atom is -0.454 e. The standard InChI is InChI=1S/C18H17N3O2S3/c1-11-21-14(9-25-11)17-5-3-13(26-17)8-20-18(24)19-7-12-2-4-15-16(6-12)23-10-22-15/h2-6,9H,7-8,10H2,1H3,(H2,19,20,24). The van der Waals surface area contributed by atoms with Crippen molar-refractivity contribution in [3.05, 3.63) is 51.2 Å². The summed E-state index contributed by atoms with van der Waals surface area (Å²) in [7, 11) is 0. The van der Waals surface area contributed by atoms with Gasteiger partial charge in [0.2, 0.25) is 6.79 Å². The van der Waals surface area contributed by atoms with E-state index in [1.807, 2.05) is 25.1 Å². The van der Waals surface area contributed by atoms with Crippen molar-refractivity contribution in [2.75, 3.05) is 6.79 Å². The molecule has 2 aromatic heterocycles. The van der Waals surface area contributed by atoms with Crippen LogP contribution < -0.4 is 20.1 Å². The average Bonchev–Trinajstić information content (AvgIpc) is 3.37. The van der Waals surface area contributed by atoms with Crippen LogP contribution in [0, 0.1) is 6.92 Å². The Bertz CT molecular complexity index is 935. The second-order valence-corrected chi connectivity index (χ2v) is 8.38. The molecule has 0 bridgehead atoms. The van der Waals surface area contributed by atoms with Crippen molar-refractivity contribution in [1.82, 2.24) is 15.6 Å². The van der Waals surface area contributed by atoms with E-state index in [-0.39, 0.29) is 6.79 Å². The van der Waals surface area contributed by atoms with E-state index < -0.39 is 0 Å². The van der Waals surface area contributed by atoms with Crippen molar-refractivity contribution < 1.29 is 9.47 Å². The van der Waals surface area contributed by atoms with Gasteiger partial charge < -0.3 is 20.1 Å². The Morgan fingerprint density at radius 3 is 2.85 bits per heavy atom. The lowest BCUT2D eigenvalue weighted by atomic mass is 10.2. The first kappa shape index (κ1) is 17.3. The van der Waals surface area contributed by atoms with Crippen LogP contribution >= 0.6 is 34.9 Å². The number of benzene rings is 1. The van der Waals surface area contributed by atoms with Gasteiger partial charge in [-0.05, 0) is 49.0 Å². The fourth-order valence-corrected chi connectivity index (χ4v) is 4.29. The summed E-state index contributed by atoms with van der Waals surface area (Å²) in [5, 5.41) is 10.3. The predicted octanol–water partition coefficient (Wildman–Crippen LogP) is 4.07. The Hall–Kier alpha value is -2.16. The van der Waals surface area contributed by atoms with Gasteiger partial charge in [0, 0.05) is 16.8 Å². The summed E-state index contributed by atoms with van der Waals surface area (Å²) in [5.74, 6) is 1.57. The van der Waals surface area contributed by atoms with Gasteiger partial charge in [0.15, 0.2) is 16.6 Å². The minimum absolute atomic E-state index is 0.287. The molecule has 0 unspecified atom stereocenters. The monoisotopic (exact) mass is 403 g/mol. The van der Waals surface area contributed by atoms with Crippen LogP contribution in [0.2, 0.25) is 0 Å². The normalized spacial score (nSPS) is 12.2. The molecule has 0 spiro atoms. The minimum atomic E-state index is 0.287. The Labute approximate surface area is 165 Å². The largest absolute Gasteiger partial charge is 0.454 e. The predicted molar refractivity (Wildman–Crippen MR) is 109 cm³/mol. The van der Waals surface area contributed by atoms with E-state index in [0.717, 1.165) is 27.8 Å². The fourth-order valence-electron chi connectivity index (χ4n) is 2.55. The highest BCUT2D eigenvalue weighted by molar-refractivity contribution is 7.80. The zero-order valence-electron chi connectivity index (χ0n) is 14.1. The molecule has 1 aromatic carbocycles. The number of ether oxygens (including phenoxy) is 2. The first-order valence-corrected chi connectivity index (χ1v) is 10.2. The number of thiazole rings is 1. The zero-order chi connectivity index (χ0) is 17.9. The number of rotatable bonds is 5. The second kappa shape index (κ2) is 7.61. The molecule has 0 radical (unpaired) electrons. The molecule has 8 heteroatoms. The summed E-state index contributed by atoms with van der Waals surface area (Å²) in [6.45, 7) is 3.64. The van der Waals surface area contributed by atoms with Crippen molar-refractivity contribution in [3.8, 4) is 22.1 Å². The van der Waals surface area contributed by atoms with Gasteiger partial charge in [-0.1, -0.05) is 6.07 Å². The third-order valence-corrected chi connectivity index (χ3v) is 6.02. The van der Waals surface area contributed by atoms with Crippen molar-refractivity contribution in [3.63, 3.8) is 0 Å². The third-order valence-electron chi connectivity index (χ3n) is 3.85. The van der Waals surface area contributed by atoms with Crippen molar-refractivity contribution in [1.29, 1.82) is 0 Å². The van der Waals surface area contributed by atoms with Crippen LogP contribution in [0.15, 0.2) is 35.7 Å². The summed E-state index contributed by atoms with van der Waals surface area (Å²) in [6, 6.07) is 10.1. The van der Waals surface area contributed by atoms with Crippen LogP contribution in [0.4, 0.5) is 0 Å². The highest BCUT2D eigenvalue weighted by atomic mass is 32.1. The quantitative estimate of drug-likeness (QED) is 0.626. The molecule has 3 heterocycles. The van der Waals surface area contributed by atoms with E-state index in [0.29, 0.717) is 18.2 Å². The molecule has 4 rings (SSSR count). The Balaban J connectivity index is 1.27. The zero-order valence-corrected chi connectivity index (χ0v) is 16.5. The van der Waals surface area contributed by atoms with Crippen LogP contribution in [0.3, 0.4) is 0 Å². The number of nitrogens with one attached hydrogen (secondary N) is 2. The summed E-state index contributed by atoms with van der Waals surface area (Å²) in [5.41, 5.74) is 2.14. The number of aryl methyl sites for hydroxylation is 1. The molecule has 0 saturated carbocycles. The SMILES string of the molecule is Cc1nc(-c2ccc(CNC(=S)NCc3ccc4c(c3)OCO4)s2)cs1. The van der Waals surface area contributed by atoms with E-state index in [9.17, 15) is 0 Å². The first-order valence-electron chi connectivity index (χ1n) is 8.09. The molecule has 0 saturated heterocycles. The lowest BCUT2D eigenvalue weighted by Gasteiger charge is -2.10. The third kappa shape index (κ3) is 3.98. The Morgan fingerprint density at radius 2 is 2.00 bits per heavy atom. The van der Waals surface area contributed by atoms with Gasteiger partial charge in [-0.25, -0.2) is 4.98 Å². The number of nitrogens with zero attached hydrogens (tertiary/aromatic N) is 1. The highest BCUT2D eigenvalue weighted by Gasteiger charge is 2.13. The Kier molecular flexibility index (Phi) is 5.05. The van der Waals surface area contributed by atoms with Gasteiger partial charge >= 0.3 is 0 Å².